The molecule has 1 aliphatic rings. The zero-order valence-electron chi connectivity index (χ0n) is 12.3. The summed E-state index contributed by atoms with van der Waals surface area (Å²) in [5.41, 5.74) is 0.750. The summed E-state index contributed by atoms with van der Waals surface area (Å²) in [5, 5.41) is 9.33. The number of fused-ring (bicyclic) bond motifs is 3. The number of aliphatic hydroxyl groups is 1. The van der Waals surface area contributed by atoms with Crippen molar-refractivity contribution in [3.63, 3.8) is 0 Å². The van der Waals surface area contributed by atoms with E-state index in [9.17, 15) is 22.4 Å². The van der Waals surface area contributed by atoms with Gasteiger partial charge in [-0.1, -0.05) is 6.07 Å². The normalized spacial score (nSPS) is 15.0. The molecule has 0 unspecified atom stereocenters. The van der Waals surface area contributed by atoms with Gasteiger partial charge in [-0.05, 0) is 22.0 Å². The third-order valence-corrected chi connectivity index (χ3v) is 4.74. The maximum absolute atomic E-state index is 14.5. The summed E-state index contributed by atoms with van der Waals surface area (Å²) >= 11 is 3.00. The van der Waals surface area contributed by atoms with Crippen LogP contribution in [0.2, 0.25) is 0 Å². The molecule has 9 heteroatoms. The molecule has 24 heavy (non-hydrogen) atoms. The smallest absolute Gasteiger partial charge is 0.387 e. The Bertz CT molecular complexity index is 816. The maximum atomic E-state index is 14.5. The average molecular weight is 409 g/mol. The van der Waals surface area contributed by atoms with Gasteiger partial charge in [-0.2, -0.15) is 13.2 Å². The Morgan fingerprint density at radius 2 is 2.04 bits per heavy atom. The molecule has 4 nitrogen and oxygen atoms in total. The number of nitrogens with zero attached hydrogens (tertiary/aromatic N) is 2. The highest BCUT2D eigenvalue weighted by atomic mass is 79.9. The lowest BCUT2D eigenvalue weighted by atomic mass is 10.0. The van der Waals surface area contributed by atoms with Crippen LogP contribution in [-0.4, -0.2) is 39.8 Å². The zero-order valence-corrected chi connectivity index (χ0v) is 13.9. The topological polar surface area (TPSA) is 45.5 Å². The largest absolute Gasteiger partial charge is 0.406 e. The zero-order chi connectivity index (χ0) is 17.6. The minimum atomic E-state index is -4.49. The van der Waals surface area contributed by atoms with Gasteiger partial charge in [0.25, 0.3) is 0 Å². The first-order chi connectivity index (χ1) is 11.2. The van der Waals surface area contributed by atoms with Crippen LogP contribution in [-0.2, 0) is 24.3 Å². The number of hydrogen-bond acceptors (Lipinski definition) is 2. The Balaban J connectivity index is 2.20. The number of rotatable bonds is 2. The van der Waals surface area contributed by atoms with Gasteiger partial charge < -0.3 is 14.6 Å². The van der Waals surface area contributed by atoms with Crippen LogP contribution in [0.25, 0.3) is 10.9 Å². The van der Waals surface area contributed by atoms with E-state index in [0.29, 0.717) is 16.6 Å². The van der Waals surface area contributed by atoms with Crippen molar-refractivity contribution in [3.8, 4) is 0 Å². The molecule has 0 spiro atoms. The highest BCUT2D eigenvalue weighted by Gasteiger charge is 2.34. The highest BCUT2D eigenvalue weighted by Crippen LogP contribution is 2.36. The van der Waals surface area contributed by atoms with Crippen LogP contribution in [0, 0.1) is 5.82 Å². The third-order valence-electron chi connectivity index (χ3n) is 4.13. The summed E-state index contributed by atoms with van der Waals surface area (Å²) < 4.78 is 54.4. The van der Waals surface area contributed by atoms with E-state index in [4.69, 9.17) is 5.11 Å². The molecule has 1 aromatic carbocycles. The Kier molecular flexibility index (Phi) is 4.33. The summed E-state index contributed by atoms with van der Waals surface area (Å²) in [7, 11) is 0. The molecule has 3 rings (SSSR count). The van der Waals surface area contributed by atoms with E-state index in [2.05, 4.69) is 15.9 Å². The third kappa shape index (κ3) is 2.90. The van der Waals surface area contributed by atoms with E-state index in [-0.39, 0.29) is 29.5 Å². The van der Waals surface area contributed by atoms with Gasteiger partial charge >= 0.3 is 6.18 Å². The van der Waals surface area contributed by atoms with Crippen molar-refractivity contribution in [2.75, 3.05) is 13.2 Å². The first-order valence-corrected chi connectivity index (χ1v) is 7.95. The molecule has 1 aromatic heterocycles. The Hall–Kier alpha value is -1.61. The number of aromatic nitrogens is 1. The summed E-state index contributed by atoms with van der Waals surface area (Å²) in [4.78, 5) is 13.0. The quantitative estimate of drug-likeness (QED) is 0.776. The number of carbonyl (C=O) groups excluding carboxylic acids is 1. The monoisotopic (exact) mass is 408 g/mol. The predicted molar refractivity (Wildman–Crippen MR) is 81.9 cm³/mol. The van der Waals surface area contributed by atoms with Crippen LogP contribution < -0.4 is 0 Å². The van der Waals surface area contributed by atoms with E-state index in [1.807, 2.05) is 0 Å². The summed E-state index contributed by atoms with van der Waals surface area (Å²) in [6.45, 7) is -1.73. The molecule has 1 N–H and O–H groups in total. The molecule has 2 aromatic rings. The van der Waals surface area contributed by atoms with Crippen LogP contribution in [0.1, 0.15) is 11.3 Å². The molecule has 0 aliphatic carbocycles. The lowest BCUT2D eigenvalue weighted by molar-refractivity contribution is -0.141. The minimum Gasteiger partial charge on any atom is -0.387 e. The summed E-state index contributed by atoms with van der Waals surface area (Å²) in [5.74, 6) is -1.26. The van der Waals surface area contributed by atoms with Crippen molar-refractivity contribution in [2.24, 2.45) is 0 Å². The number of carbonyl (C=O) groups is 1. The van der Waals surface area contributed by atoms with Crippen LogP contribution in [0.15, 0.2) is 16.6 Å². The van der Waals surface area contributed by atoms with Crippen molar-refractivity contribution in [2.45, 2.75) is 25.7 Å². The molecule has 130 valence electrons. The number of halogens is 5. The molecular formula is C15H13BrF4N2O2. The lowest BCUT2D eigenvalue weighted by Crippen LogP contribution is -2.38. The number of benzene rings is 1. The standard InChI is InChI=1S/C15H13BrF4N2O2/c16-10-2-1-8-9-5-21(12(24)6-23)4-3-11(9)22(7-15(18,19)20)14(8)13(10)17/h1-2,23H,3-7H2. The fraction of sp³-hybridized carbons (Fsp3) is 0.400. The van der Waals surface area contributed by atoms with Crippen molar-refractivity contribution in [1.82, 2.24) is 9.47 Å². The molecular weight excluding hydrogens is 396 g/mol. The Labute approximate surface area is 142 Å². The van der Waals surface area contributed by atoms with Gasteiger partial charge in [-0.3, -0.25) is 4.79 Å². The summed E-state index contributed by atoms with van der Waals surface area (Å²) in [6, 6.07) is 2.98. The van der Waals surface area contributed by atoms with Crippen LogP contribution in [0.4, 0.5) is 17.6 Å². The first kappa shape index (κ1) is 17.2. The van der Waals surface area contributed by atoms with E-state index < -0.39 is 31.1 Å². The van der Waals surface area contributed by atoms with Gasteiger partial charge in [0, 0.05) is 36.2 Å². The van der Waals surface area contributed by atoms with Gasteiger partial charge in [0.2, 0.25) is 5.91 Å². The van der Waals surface area contributed by atoms with Gasteiger partial charge in [-0.15, -0.1) is 0 Å². The molecule has 0 radical (unpaired) electrons. The Morgan fingerprint density at radius 1 is 1.33 bits per heavy atom. The molecule has 1 amide bonds. The van der Waals surface area contributed by atoms with E-state index in [1.165, 1.54) is 11.0 Å². The SMILES string of the molecule is O=C(CO)N1CCc2c(c3ccc(Br)c(F)c3n2CC(F)(F)F)C1. The van der Waals surface area contributed by atoms with Crippen LogP contribution in [0.3, 0.4) is 0 Å². The number of hydrogen-bond donors (Lipinski definition) is 1. The van der Waals surface area contributed by atoms with E-state index >= 15 is 0 Å². The van der Waals surface area contributed by atoms with E-state index in [1.54, 1.807) is 6.07 Å². The lowest BCUT2D eigenvalue weighted by Gasteiger charge is -2.28. The second-order valence-corrected chi connectivity index (χ2v) is 6.46. The number of aliphatic hydroxyl groups excluding tert-OH is 1. The number of alkyl halides is 3. The molecule has 0 bridgehead atoms. The molecule has 0 saturated heterocycles. The highest BCUT2D eigenvalue weighted by molar-refractivity contribution is 9.10. The average Bonchev–Trinajstić information content (AvgIpc) is 2.82. The van der Waals surface area contributed by atoms with Crippen LogP contribution >= 0.6 is 15.9 Å². The van der Waals surface area contributed by atoms with Crippen molar-refractivity contribution in [1.29, 1.82) is 0 Å². The van der Waals surface area contributed by atoms with Crippen molar-refractivity contribution < 1.29 is 27.5 Å². The van der Waals surface area contributed by atoms with Gasteiger partial charge in [0.05, 0.1) is 9.99 Å². The van der Waals surface area contributed by atoms with Gasteiger partial charge in [-0.25, -0.2) is 4.39 Å². The van der Waals surface area contributed by atoms with Crippen molar-refractivity contribution >= 4 is 32.7 Å². The second kappa shape index (κ2) is 6.03. The molecule has 1 aliphatic heterocycles. The van der Waals surface area contributed by atoms with E-state index in [0.717, 1.165) is 4.57 Å². The molecule has 0 atom stereocenters. The number of amides is 1. The maximum Gasteiger partial charge on any atom is 0.406 e. The fourth-order valence-electron chi connectivity index (χ4n) is 3.14. The van der Waals surface area contributed by atoms with Gasteiger partial charge in [0.1, 0.15) is 13.2 Å². The molecule has 0 saturated carbocycles. The summed E-state index contributed by atoms with van der Waals surface area (Å²) in [6.07, 6.45) is -4.32. The predicted octanol–water partition coefficient (Wildman–Crippen LogP) is 2.98. The van der Waals surface area contributed by atoms with Crippen molar-refractivity contribution in [3.05, 3.63) is 33.7 Å². The Morgan fingerprint density at radius 3 is 2.67 bits per heavy atom. The fourth-order valence-corrected chi connectivity index (χ4v) is 3.46. The first-order valence-electron chi connectivity index (χ1n) is 7.16. The molecule has 0 fully saturated rings. The minimum absolute atomic E-state index is 0.0527. The molecule has 2 heterocycles. The second-order valence-electron chi connectivity index (χ2n) is 5.61. The van der Waals surface area contributed by atoms with Gasteiger partial charge in [0.15, 0.2) is 5.82 Å². The van der Waals surface area contributed by atoms with Crippen LogP contribution in [0.5, 0.6) is 0 Å².